The van der Waals surface area contributed by atoms with Gasteiger partial charge in [0.25, 0.3) is 5.91 Å². The van der Waals surface area contributed by atoms with Crippen LogP contribution >= 0.6 is 11.8 Å². The first-order valence-corrected chi connectivity index (χ1v) is 11.8. The van der Waals surface area contributed by atoms with E-state index in [1.807, 2.05) is 103 Å². The highest BCUT2D eigenvalue weighted by Crippen LogP contribution is 2.28. The molecule has 0 aliphatic rings. The van der Waals surface area contributed by atoms with E-state index in [-0.39, 0.29) is 11.7 Å². The van der Waals surface area contributed by atoms with E-state index in [1.54, 1.807) is 12.3 Å². The van der Waals surface area contributed by atoms with Gasteiger partial charge in [-0.1, -0.05) is 95.7 Å². The third-order valence-corrected chi connectivity index (χ3v) is 5.93. The molecule has 1 N–H and O–H groups in total. The highest BCUT2D eigenvalue weighted by atomic mass is 32.2. The topological polar surface area (TPSA) is 72.2 Å². The number of nitrogens with one attached hydrogen (secondary N) is 1. The lowest BCUT2D eigenvalue weighted by atomic mass is 10.1. The van der Waals surface area contributed by atoms with Crippen LogP contribution in [0.4, 0.5) is 0 Å². The quantitative estimate of drug-likeness (QED) is 0.212. The van der Waals surface area contributed by atoms with Gasteiger partial charge in [-0.15, -0.1) is 10.2 Å². The Bertz CT molecular complexity index is 1290. The Morgan fingerprint density at radius 1 is 0.941 bits per heavy atom. The Balaban J connectivity index is 1.45. The first-order chi connectivity index (χ1) is 16.6. The molecule has 0 aliphatic carbocycles. The normalized spacial score (nSPS) is 11.4. The van der Waals surface area contributed by atoms with Crippen molar-refractivity contribution in [2.75, 3.05) is 5.75 Å². The molecular formula is C27H25N5OS. The zero-order chi connectivity index (χ0) is 23.8. The number of carbonyl (C=O) groups excluding carboxylic acids is 1. The van der Waals surface area contributed by atoms with Crippen molar-refractivity contribution < 1.29 is 4.79 Å². The van der Waals surface area contributed by atoms with Crippen molar-refractivity contribution in [1.29, 1.82) is 0 Å². The van der Waals surface area contributed by atoms with Crippen LogP contribution in [-0.2, 0) is 4.79 Å². The standard InChI is InChI=1S/C27H25N5OS/c1-20-10-14-23(15-11-20)26-30-31-27(32(26)24-16-12-21(2)13-17-24)34-19-25(33)29-28-18-6-9-22-7-4-3-5-8-22/h3-18H,19H2,1-2H3,(H,29,33). The minimum absolute atomic E-state index is 0.164. The van der Waals surface area contributed by atoms with E-state index < -0.39 is 0 Å². The molecular weight excluding hydrogens is 442 g/mol. The van der Waals surface area contributed by atoms with Crippen molar-refractivity contribution >= 4 is 30.0 Å². The molecule has 0 fully saturated rings. The van der Waals surface area contributed by atoms with Gasteiger partial charge in [0.15, 0.2) is 11.0 Å². The van der Waals surface area contributed by atoms with Crippen molar-refractivity contribution in [3.8, 4) is 17.1 Å². The number of rotatable bonds is 8. The highest BCUT2D eigenvalue weighted by molar-refractivity contribution is 7.99. The molecule has 3 aromatic carbocycles. The predicted octanol–water partition coefficient (Wildman–Crippen LogP) is 5.46. The number of nitrogens with zero attached hydrogens (tertiary/aromatic N) is 4. The Morgan fingerprint density at radius 3 is 2.32 bits per heavy atom. The summed E-state index contributed by atoms with van der Waals surface area (Å²) in [6.45, 7) is 4.10. The van der Waals surface area contributed by atoms with E-state index in [0.717, 1.165) is 22.6 Å². The van der Waals surface area contributed by atoms with Crippen LogP contribution in [-0.4, -0.2) is 32.6 Å². The smallest absolute Gasteiger partial charge is 0.250 e. The van der Waals surface area contributed by atoms with Gasteiger partial charge in [0, 0.05) is 17.5 Å². The van der Waals surface area contributed by atoms with Crippen LogP contribution in [0, 0.1) is 13.8 Å². The molecule has 1 aromatic heterocycles. The van der Waals surface area contributed by atoms with Gasteiger partial charge in [-0.25, -0.2) is 5.43 Å². The largest absolute Gasteiger partial charge is 0.272 e. The van der Waals surface area contributed by atoms with Crippen molar-refractivity contribution in [2.45, 2.75) is 19.0 Å². The van der Waals surface area contributed by atoms with Crippen molar-refractivity contribution in [3.05, 3.63) is 102 Å². The number of hydrogen-bond donors (Lipinski definition) is 1. The number of allylic oxidation sites excluding steroid dienone is 1. The summed E-state index contributed by atoms with van der Waals surface area (Å²) in [7, 11) is 0. The Hall–Kier alpha value is -3.97. The van der Waals surface area contributed by atoms with Crippen LogP contribution in [0.2, 0.25) is 0 Å². The number of aryl methyl sites for hydroxylation is 2. The van der Waals surface area contributed by atoms with Crippen molar-refractivity contribution in [1.82, 2.24) is 20.2 Å². The molecule has 4 rings (SSSR count). The number of carbonyl (C=O) groups is 1. The maximum absolute atomic E-state index is 12.3. The Kier molecular flexibility index (Phi) is 7.67. The number of benzene rings is 3. The van der Waals surface area contributed by atoms with Gasteiger partial charge < -0.3 is 0 Å². The van der Waals surface area contributed by atoms with Crippen LogP contribution in [0.15, 0.2) is 95.2 Å². The van der Waals surface area contributed by atoms with Crippen LogP contribution in [0.1, 0.15) is 16.7 Å². The molecule has 6 nitrogen and oxygen atoms in total. The van der Waals surface area contributed by atoms with E-state index in [2.05, 4.69) is 20.7 Å². The maximum Gasteiger partial charge on any atom is 0.250 e. The SMILES string of the molecule is Cc1ccc(-c2nnc(SCC(=O)NN=CC=Cc3ccccc3)n2-c2ccc(C)cc2)cc1. The highest BCUT2D eigenvalue weighted by Gasteiger charge is 2.17. The van der Waals surface area contributed by atoms with Gasteiger partial charge in [0.2, 0.25) is 0 Å². The second-order valence-corrected chi connectivity index (χ2v) is 8.66. The molecule has 0 unspecified atom stereocenters. The number of thioether (sulfide) groups is 1. The lowest BCUT2D eigenvalue weighted by Crippen LogP contribution is -2.19. The van der Waals surface area contributed by atoms with Crippen molar-refractivity contribution in [3.63, 3.8) is 0 Å². The lowest BCUT2D eigenvalue weighted by Gasteiger charge is -2.11. The molecule has 0 radical (unpaired) electrons. The molecule has 4 aromatic rings. The van der Waals surface area contributed by atoms with E-state index in [9.17, 15) is 4.79 Å². The summed E-state index contributed by atoms with van der Waals surface area (Å²) < 4.78 is 1.98. The molecule has 0 spiro atoms. The van der Waals surface area contributed by atoms with Crippen molar-refractivity contribution in [2.24, 2.45) is 5.10 Å². The summed E-state index contributed by atoms with van der Waals surface area (Å²) in [5, 5.41) is 13.4. The molecule has 0 aliphatic heterocycles. The summed E-state index contributed by atoms with van der Waals surface area (Å²) in [5.41, 5.74) is 7.87. The van der Waals surface area contributed by atoms with Gasteiger partial charge >= 0.3 is 0 Å². The minimum Gasteiger partial charge on any atom is -0.272 e. The first-order valence-electron chi connectivity index (χ1n) is 10.9. The van der Waals surface area contributed by atoms with E-state index in [1.165, 1.54) is 22.9 Å². The molecule has 0 atom stereocenters. The van der Waals surface area contributed by atoms with Gasteiger partial charge in [-0.3, -0.25) is 9.36 Å². The summed E-state index contributed by atoms with van der Waals surface area (Å²) in [4.78, 5) is 12.3. The fourth-order valence-electron chi connectivity index (χ4n) is 3.21. The average molecular weight is 468 g/mol. The van der Waals surface area contributed by atoms with Gasteiger partial charge in [0.1, 0.15) is 0 Å². The predicted molar refractivity (Wildman–Crippen MR) is 139 cm³/mol. The molecule has 0 bridgehead atoms. The molecule has 1 amide bonds. The molecule has 7 heteroatoms. The van der Waals surface area contributed by atoms with Gasteiger partial charge in [-0.2, -0.15) is 5.10 Å². The second kappa shape index (κ2) is 11.2. The van der Waals surface area contributed by atoms with Crippen LogP contribution < -0.4 is 5.43 Å². The lowest BCUT2D eigenvalue weighted by molar-refractivity contribution is -0.118. The zero-order valence-electron chi connectivity index (χ0n) is 19.1. The first kappa shape index (κ1) is 23.2. The molecule has 0 saturated heterocycles. The van der Waals surface area contributed by atoms with Gasteiger partial charge in [-0.05, 0) is 37.6 Å². The fourth-order valence-corrected chi connectivity index (χ4v) is 3.96. The number of aromatic nitrogens is 3. The summed E-state index contributed by atoms with van der Waals surface area (Å²) in [6, 6.07) is 26.2. The number of hydrogen-bond acceptors (Lipinski definition) is 5. The molecule has 0 saturated carbocycles. The second-order valence-electron chi connectivity index (χ2n) is 7.71. The summed E-state index contributed by atoms with van der Waals surface area (Å²) in [5.74, 6) is 0.679. The Morgan fingerprint density at radius 2 is 1.62 bits per heavy atom. The monoisotopic (exact) mass is 467 g/mol. The number of hydrazone groups is 1. The maximum atomic E-state index is 12.3. The Labute approximate surface area is 203 Å². The van der Waals surface area contributed by atoms with Crippen LogP contribution in [0.25, 0.3) is 23.2 Å². The molecule has 34 heavy (non-hydrogen) atoms. The van der Waals surface area contributed by atoms with Crippen LogP contribution in [0.5, 0.6) is 0 Å². The summed E-state index contributed by atoms with van der Waals surface area (Å²) in [6.07, 6.45) is 5.26. The third-order valence-electron chi connectivity index (χ3n) is 5.01. The molecule has 1 heterocycles. The van der Waals surface area contributed by atoms with E-state index >= 15 is 0 Å². The van der Waals surface area contributed by atoms with Crippen LogP contribution in [0.3, 0.4) is 0 Å². The van der Waals surface area contributed by atoms with E-state index in [4.69, 9.17) is 0 Å². The summed E-state index contributed by atoms with van der Waals surface area (Å²) >= 11 is 1.32. The minimum atomic E-state index is -0.218. The molecule has 170 valence electrons. The van der Waals surface area contributed by atoms with E-state index in [0.29, 0.717) is 5.16 Å². The average Bonchev–Trinajstić information content (AvgIpc) is 3.28. The number of amides is 1. The zero-order valence-corrected chi connectivity index (χ0v) is 19.9. The fraction of sp³-hybridized carbons (Fsp3) is 0.111. The van der Waals surface area contributed by atoms with Gasteiger partial charge in [0.05, 0.1) is 5.75 Å². The third kappa shape index (κ3) is 6.08.